The molecule has 1 aliphatic rings. The van der Waals surface area contributed by atoms with E-state index in [2.05, 4.69) is 5.32 Å². The van der Waals surface area contributed by atoms with E-state index in [1.165, 1.54) is 25.1 Å². The summed E-state index contributed by atoms with van der Waals surface area (Å²) in [5.74, 6) is -1.83. The summed E-state index contributed by atoms with van der Waals surface area (Å²) >= 11 is 0. The van der Waals surface area contributed by atoms with Crippen molar-refractivity contribution in [2.75, 3.05) is 22.6 Å². The molecule has 0 saturated carbocycles. The number of nitrogens with zero attached hydrogens (tertiary/aromatic N) is 1. The summed E-state index contributed by atoms with van der Waals surface area (Å²) < 4.78 is 58.0. The lowest BCUT2D eigenvalue weighted by molar-refractivity contribution is -0.170. The lowest BCUT2D eigenvalue weighted by atomic mass is 10.0. The Morgan fingerprint density at radius 3 is 2.45 bits per heavy atom. The summed E-state index contributed by atoms with van der Waals surface area (Å²) in [6, 6.07) is 24.3. The number of nitrogen functional groups attached to an aromatic ring is 1. The molecule has 0 aromatic heterocycles. The average molecular weight is 606 g/mol. The molecule has 3 N–H and O–H groups in total. The van der Waals surface area contributed by atoms with E-state index in [1.54, 1.807) is 43.3 Å². The number of nitrogens with one attached hydrogen (secondary N) is 1. The molecule has 0 bridgehead atoms. The zero-order valence-corrected chi connectivity index (χ0v) is 24.0. The lowest BCUT2D eigenvalue weighted by Crippen LogP contribution is -2.41. The SMILES string of the molecule is CC(=O)O[C@@H]1COc2cc(N(Cc3cccc(Nc4cccc(OCc5ccccc5)c4N)c3C)C(=O)C(F)(F)F)ccc21. The number of anilines is 4. The fourth-order valence-electron chi connectivity index (χ4n) is 4.89. The number of alkyl halides is 3. The normalized spacial score (nSPS) is 13.9. The van der Waals surface area contributed by atoms with Gasteiger partial charge >= 0.3 is 18.1 Å². The molecule has 4 aromatic rings. The van der Waals surface area contributed by atoms with Crippen LogP contribution in [-0.2, 0) is 27.5 Å². The summed E-state index contributed by atoms with van der Waals surface area (Å²) in [5.41, 5.74) is 10.5. The molecule has 1 amide bonds. The molecule has 0 unspecified atom stereocenters. The second-order valence-electron chi connectivity index (χ2n) is 10.2. The van der Waals surface area contributed by atoms with Gasteiger partial charge in [-0.15, -0.1) is 0 Å². The predicted octanol–water partition coefficient (Wildman–Crippen LogP) is 6.99. The lowest BCUT2D eigenvalue weighted by Gasteiger charge is -2.26. The number of nitrogens with two attached hydrogens (primary N) is 1. The van der Waals surface area contributed by atoms with Gasteiger partial charge in [0.25, 0.3) is 0 Å². The van der Waals surface area contributed by atoms with Crippen LogP contribution >= 0.6 is 0 Å². The molecule has 44 heavy (non-hydrogen) atoms. The quantitative estimate of drug-likeness (QED) is 0.157. The maximum absolute atomic E-state index is 13.8. The number of rotatable bonds is 9. The van der Waals surface area contributed by atoms with Gasteiger partial charge in [0.2, 0.25) is 0 Å². The molecule has 0 spiro atoms. The number of ether oxygens (including phenoxy) is 3. The first kappa shape index (κ1) is 30.3. The largest absolute Gasteiger partial charge is 0.489 e. The number of fused-ring (bicyclic) bond motifs is 1. The molecule has 228 valence electrons. The Labute approximate surface area is 252 Å². The van der Waals surface area contributed by atoms with E-state index in [0.717, 1.165) is 5.56 Å². The number of esters is 1. The third-order valence-electron chi connectivity index (χ3n) is 7.19. The fourth-order valence-corrected chi connectivity index (χ4v) is 4.89. The zero-order valence-electron chi connectivity index (χ0n) is 24.0. The van der Waals surface area contributed by atoms with Gasteiger partial charge in [-0.1, -0.05) is 48.5 Å². The van der Waals surface area contributed by atoms with Crippen LogP contribution in [-0.4, -0.2) is 24.7 Å². The minimum Gasteiger partial charge on any atom is -0.489 e. The van der Waals surface area contributed by atoms with E-state index in [4.69, 9.17) is 19.9 Å². The van der Waals surface area contributed by atoms with E-state index in [-0.39, 0.29) is 24.6 Å². The summed E-state index contributed by atoms with van der Waals surface area (Å²) in [6.07, 6.45) is -5.80. The van der Waals surface area contributed by atoms with Crippen molar-refractivity contribution in [2.45, 2.75) is 39.3 Å². The van der Waals surface area contributed by atoms with Gasteiger partial charge in [0.15, 0.2) is 6.10 Å². The summed E-state index contributed by atoms with van der Waals surface area (Å²) in [5, 5.41) is 3.25. The van der Waals surface area contributed by atoms with E-state index < -0.39 is 24.2 Å². The average Bonchev–Trinajstić information content (AvgIpc) is 3.38. The highest BCUT2D eigenvalue weighted by Gasteiger charge is 2.43. The number of para-hydroxylation sites is 1. The van der Waals surface area contributed by atoms with Crippen LogP contribution in [0.5, 0.6) is 11.5 Å². The molecule has 4 aromatic carbocycles. The van der Waals surface area contributed by atoms with E-state index in [9.17, 15) is 22.8 Å². The van der Waals surface area contributed by atoms with Crippen LogP contribution in [0.2, 0.25) is 0 Å². The van der Waals surface area contributed by atoms with Gasteiger partial charge in [-0.2, -0.15) is 13.2 Å². The Hall–Kier alpha value is -5.19. The minimum absolute atomic E-state index is 0.0141. The molecule has 8 nitrogen and oxygen atoms in total. The van der Waals surface area contributed by atoms with Crippen LogP contribution in [0.25, 0.3) is 0 Å². The topological polar surface area (TPSA) is 103 Å². The number of hydrogen-bond acceptors (Lipinski definition) is 7. The summed E-state index contributed by atoms with van der Waals surface area (Å²) in [6.45, 7) is 2.98. The van der Waals surface area contributed by atoms with Crippen molar-refractivity contribution < 1.29 is 37.0 Å². The van der Waals surface area contributed by atoms with E-state index in [1.807, 2.05) is 30.3 Å². The second kappa shape index (κ2) is 12.6. The van der Waals surface area contributed by atoms with Gasteiger partial charge in [-0.05, 0) is 53.9 Å². The number of halogens is 3. The Kier molecular flexibility index (Phi) is 8.66. The Morgan fingerprint density at radius 1 is 1.00 bits per heavy atom. The van der Waals surface area contributed by atoms with Gasteiger partial charge < -0.3 is 30.2 Å². The number of carbonyl (C=O) groups is 2. The minimum atomic E-state index is -5.13. The fraction of sp³-hybridized carbons (Fsp3) is 0.212. The molecule has 5 rings (SSSR count). The molecule has 1 aliphatic heterocycles. The van der Waals surface area contributed by atoms with Crippen LogP contribution in [0.3, 0.4) is 0 Å². The second-order valence-corrected chi connectivity index (χ2v) is 10.2. The molecule has 0 fully saturated rings. The van der Waals surface area contributed by atoms with Gasteiger partial charge in [0.05, 0.1) is 17.9 Å². The smallest absolute Gasteiger partial charge is 0.471 e. The standard InChI is InChI=1S/C33H30F3N3O5/c1-20-23(10-6-11-26(20)38-27-12-7-13-28(31(27)37)42-18-22-8-4-3-5-9-22)17-39(32(41)33(34,35)36)24-14-15-25-29(16-24)43-19-30(25)44-21(2)40/h3-16,30,38H,17-19,37H2,1-2H3/t30-/m1/s1. The maximum Gasteiger partial charge on any atom is 0.471 e. The van der Waals surface area contributed by atoms with E-state index in [0.29, 0.717) is 51.0 Å². The van der Waals surface area contributed by atoms with Crippen molar-refractivity contribution in [3.8, 4) is 11.5 Å². The predicted molar refractivity (Wildman–Crippen MR) is 160 cm³/mol. The van der Waals surface area contributed by atoms with Crippen molar-refractivity contribution in [1.82, 2.24) is 0 Å². The number of amides is 1. The zero-order chi connectivity index (χ0) is 31.4. The highest BCUT2D eigenvalue weighted by Crippen LogP contribution is 2.39. The van der Waals surface area contributed by atoms with E-state index >= 15 is 0 Å². The van der Waals surface area contributed by atoms with Crippen LogP contribution in [0, 0.1) is 6.92 Å². The van der Waals surface area contributed by atoms with Crippen LogP contribution < -0.4 is 25.4 Å². The van der Waals surface area contributed by atoms with Crippen molar-refractivity contribution in [3.63, 3.8) is 0 Å². The van der Waals surface area contributed by atoms with Crippen LogP contribution in [0.4, 0.5) is 35.9 Å². The molecule has 11 heteroatoms. The number of benzene rings is 4. The number of hydrogen-bond donors (Lipinski definition) is 2. The van der Waals surface area contributed by atoms with Gasteiger partial charge in [0.1, 0.15) is 24.7 Å². The van der Waals surface area contributed by atoms with Gasteiger partial charge in [0, 0.05) is 29.9 Å². The summed E-state index contributed by atoms with van der Waals surface area (Å²) in [4.78, 5) is 24.7. The maximum atomic E-state index is 13.8. The molecule has 0 radical (unpaired) electrons. The Morgan fingerprint density at radius 2 is 1.73 bits per heavy atom. The van der Waals surface area contributed by atoms with Gasteiger partial charge in [-0.3, -0.25) is 9.59 Å². The van der Waals surface area contributed by atoms with Crippen LogP contribution in [0.1, 0.15) is 35.3 Å². The van der Waals surface area contributed by atoms with Crippen molar-refractivity contribution in [2.24, 2.45) is 0 Å². The first-order valence-electron chi connectivity index (χ1n) is 13.7. The number of carbonyl (C=O) groups excluding carboxylic acids is 2. The monoisotopic (exact) mass is 605 g/mol. The molecular formula is C33H30F3N3O5. The highest BCUT2D eigenvalue weighted by molar-refractivity contribution is 5.97. The van der Waals surface area contributed by atoms with Crippen molar-refractivity contribution in [1.29, 1.82) is 0 Å². The third-order valence-corrected chi connectivity index (χ3v) is 7.19. The molecule has 1 heterocycles. The first-order valence-corrected chi connectivity index (χ1v) is 13.7. The first-order chi connectivity index (χ1) is 21.0. The third kappa shape index (κ3) is 6.72. The Balaban J connectivity index is 1.39. The highest BCUT2D eigenvalue weighted by atomic mass is 19.4. The van der Waals surface area contributed by atoms with Crippen molar-refractivity contribution in [3.05, 3.63) is 107 Å². The summed E-state index contributed by atoms with van der Waals surface area (Å²) in [7, 11) is 0. The molecule has 1 atom stereocenters. The van der Waals surface area contributed by atoms with Crippen molar-refractivity contribution >= 4 is 34.6 Å². The molecule has 0 aliphatic carbocycles. The van der Waals surface area contributed by atoms with Gasteiger partial charge in [-0.25, -0.2) is 0 Å². The Bertz CT molecular complexity index is 1680. The van der Waals surface area contributed by atoms with Crippen LogP contribution in [0.15, 0.2) is 84.9 Å². The molecule has 0 saturated heterocycles. The molecular weight excluding hydrogens is 575 g/mol.